The highest BCUT2D eigenvalue weighted by Crippen LogP contribution is 2.14. The van der Waals surface area contributed by atoms with Crippen molar-refractivity contribution < 1.29 is 24.2 Å². The fourth-order valence-corrected chi connectivity index (χ4v) is 2.56. The van der Waals surface area contributed by atoms with E-state index in [1.807, 2.05) is 0 Å². The first-order chi connectivity index (χ1) is 12.6. The molecule has 0 radical (unpaired) electrons. The molecule has 0 aromatic heterocycles. The van der Waals surface area contributed by atoms with Gasteiger partial charge in [0.15, 0.2) is 0 Å². The number of carboxylic acid groups (broad SMARTS) is 1. The first-order valence-corrected chi connectivity index (χ1v) is 9.39. The molecule has 0 aliphatic heterocycles. The number of rotatable bonds is 15. The Morgan fingerprint density at radius 1 is 0.846 bits per heavy atom. The van der Waals surface area contributed by atoms with Gasteiger partial charge in [-0.15, -0.1) is 0 Å². The van der Waals surface area contributed by atoms with Crippen LogP contribution in [0.2, 0.25) is 0 Å². The number of esters is 1. The van der Waals surface area contributed by atoms with Crippen molar-refractivity contribution in [2.24, 2.45) is 0 Å². The Morgan fingerprint density at radius 2 is 1.35 bits per heavy atom. The van der Waals surface area contributed by atoms with Gasteiger partial charge in [-0.1, -0.05) is 51.5 Å². The Morgan fingerprint density at radius 3 is 1.85 bits per heavy atom. The molecule has 26 heavy (non-hydrogen) atoms. The average Bonchev–Trinajstić information content (AvgIpc) is 2.65. The number of carbonyl (C=O) groups excluding carboxylic acids is 1. The number of hydrogen-bond donors (Lipinski definition) is 1. The maximum absolute atomic E-state index is 10.8. The minimum absolute atomic E-state index is 0.273. The standard InChI is InChI=1S/C21H30O5/c1-2-20(22)26-17-11-9-7-5-3-4-6-8-10-16-25-19-14-12-18(13-15-19)21(23)24/h2,12-15H,1,3-11,16-17H2,(H,23,24). The van der Waals surface area contributed by atoms with Crippen LogP contribution < -0.4 is 4.74 Å². The number of ether oxygens (including phenoxy) is 2. The molecule has 0 heterocycles. The average molecular weight is 362 g/mol. The smallest absolute Gasteiger partial charge is 0.335 e. The molecular formula is C21H30O5. The SMILES string of the molecule is C=CC(=O)OCCCCCCCCCCCOc1ccc(C(=O)O)cc1. The summed E-state index contributed by atoms with van der Waals surface area (Å²) in [6, 6.07) is 6.51. The molecule has 1 rings (SSSR count). The summed E-state index contributed by atoms with van der Waals surface area (Å²) in [5.74, 6) is -0.548. The molecule has 0 fully saturated rings. The lowest BCUT2D eigenvalue weighted by atomic mass is 10.1. The maximum atomic E-state index is 10.8. The molecule has 0 atom stereocenters. The summed E-state index contributed by atoms with van der Waals surface area (Å²) in [7, 11) is 0. The van der Waals surface area contributed by atoms with E-state index < -0.39 is 5.97 Å². The molecule has 0 spiro atoms. The summed E-state index contributed by atoms with van der Waals surface area (Å²) in [4.78, 5) is 21.6. The molecule has 1 N–H and O–H groups in total. The molecular weight excluding hydrogens is 332 g/mol. The van der Waals surface area contributed by atoms with E-state index in [1.54, 1.807) is 24.3 Å². The van der Waals surface area contributed by atoms with E-state index in [0.29, 0.717) is 19.0 Å². The minimum atomic E-state index is -0.923. The van der Waals surface area contributed by atoms with Crippen LogP contribution >= 0.6 is 0 Å². The van der Waals surface area contributed by atoms with Crippen LogP contribution in [0.15, 0.2) is 36.9 Å². The van der Waals surface area contributed by atoms with Crippen LogP contribution in [0.4, 0.5) is 0 Å². The second-order valence-electron chi connectivity index (χ2n) is 6.23. The largest absolute Gasteiger partial charge is 0.494 e. The van der Waals surface area contributed by atoms with Gasteiger partial charge in [0.1, 0.15) is 5.75 Å². The fraction of sp³-hybridized carbons (Fsp3) is 0.524. The number of aromatic carboxylic acids is 1. The van der Waals surface area contributed by atoms with Gasteiger partial charge in [0.05, 0.1) is 18.8 Å². The predicted octanol–water partition coefficient (Wildman–Crippen LogP) is 5.00. The Kier molecular flexibility index (Phi) is 11.6. The summed E-state index contributed by atoms with van der Waals surface area (Å²) in [5, 5.41) is 8.83. The molecule has 144 valence electrons. The van der Waals surface area contributed by atoms with E-state index in [-0.39, 0.29) is 11.5 Å². The van der Waals surface area contributed by atoms with Crippen LogP contribution in [0.25, 0.3) is 0 Å². The topological polar surface area (TPSA) is 72.8 Å². The van der Waals surface area contributed by atoms with E-state index in [2.05, 4.69) is 6.58 Å². The van der Waals surface area contributed by atoms with Crippen molar-refractivity contribution in [1.29, 1.82) is 0 Å². The van der Waals surface area contributed by atoms with Gasteiger partial charge in [0, 0.05) is 6.08 Å². The Labute approximate surface area is 156 Å². The van der Waals surface area contributed by atoms with E-state index in [4.69, 9.17) is 14.6 Å². The third-order valence-corrected chi connectivity index (χ3v) is 4.07. The highest BCUT2D eigenvalue weighted by molar-refractivity contribution is 5.87. The van der Waals surface area contributed by atoms with Crippen LogP contribution in [-0.4, -0.2) is 30.3 Å². The van der Waals surface area contributed by atoms with Gasteiger partial charge in [-0.3, -0.25) is 0 Å². The number of benzene rings is 1. The van der Waals surface area contributed by atoms with Crippen molar-refractivity contribution in [3.05, 3.63) is 42.5 Å². The lowest BCUT2D eigenvalue weighted by Gasteiger charge is -2.06. The van der Waals surface area contributed by atoms with Crippen LogP contribution in [0, 0.1) is 0 Å². The summed E-state index contributed by atoms with van der Waals surface area (Å²) in [5.41, 5.74) is 0.273. The first kappa shape index (κ1) is 21.7. The second kappa shape index (κ2) is 13.9. The highest BCUT2D eigenvalue weighted by Gasteiger charge is 2.02. The van der Waals surface area contributed by atoms with Crippen molar-refractivity contribution >= 4 is 11.9 Å². The third-order valence-electron chi connectivity index (χ3n) is 4.07. The quantitative estimate of drug-likeness (QED) is 0.270. The zero-order chi connectivity index (χ0) is 19.0. The van der Waals surface area contributed by atoms with Gasteiger partial charge in [-0.2, -0.15) is 0 Å². The highest BCUT2D eigenvalue weighted by atomic mass is 16.5. The van der Waals surface area contributed by atoms with Crippen LogP contribution in [0.1, 0.15) is 68.1 Å². The van der Waals surface area contributed by atoms with Gasteiger partial charge in [-0.25, -0.2) is 9.59 Å². The van der Waals surface area contributed by atoms with E-state index in [0.717, 1.165) is 25.7 Å². The molecule has 0 saturated carbocycles. The molecule has 0 aliphatic rings. The molecule has 0 saturated heterocycles. The van der Waals surface area contributed by atoms with Crippen molar-refractivity contribution in [3.8, 4) is 5.75 Å². The minimum Gasteiger partial charge on any atom is -0.494 e. The third kappa shape index (κ3) is 10.5. The molecule has 1 aromatic rings. The molecule has 0 unspecified atom stereocenters. The van der Waals surface area contributed by atoms with Crippen LogP contribution in [0.5, 0.6) is 5.75 Å². The van der Waals surface area contributed by atoms with Crippen LogP contribution in [-0.2, 0) is 9.53 Å². The van der Waals surface area contributed by atoms with Gasteiger partial charge in [-0.05, 0) is 37.1 Å². The normalized spacial score (nSPS) is 10.3. The molecule has 1 aromatic carbocycles. The lowest BCUT2D eigenvalue weighted by molar-refractivity contribution is -0.137. The van der Waals surface area contributed by atoms with E-state index >= 15 is 0 Å². The molecule has 0 amide bonds. The lowest BCUT2D eigenvalue weighted by Crippen LogP contribution is -2.01. The van der Waals surface area contributed by atoms with Crippen LogP contribution in [0.3, 0.4) is 0 Å². The van der Waals surface area contributed by atoms with E-state index in [1.165, 1.54) is 38.2 Å². The fourth-order valence-electron chi connectivity index (χ4n) is 2.56. The number of unbranched alkanes of at least 4 members (excludes halogenated alkanes) is 8. The monoisotopic (exact) mass is 362 g/mol. The number of carbonyl (C=O) groups is 2. The summed E-state index contributed by atoms with van der Waals surface area (Å²) in [6.45, 7) is 4.51. The Hall–Kier alpha value is -2.30. The maximum Gasteiger partial charge on any atom is 0.335 e. The van der Waals surface area contributed by atoms with Gasteiger partial charge in [0.25, 0.3) is 0 Å². The zero-order valence-corrected chi connectivity index (χ0v) is 15.5. The van der Waals surface area contributed by atoms with Crippen molar-refractivity contribution in [1.82, 2.24) is 0 Å². The molecule has 0 aliphatic carbocycles. The molecule has 5 heteroatoms. The zero-order valence-electron chi connectivity index (χ0n) is 15.5. The summed E-state index contributed by atoms with van der Waals surface area (Å²) >= 11 is 0. The van der Waals surface area contributed by atoms with Crippen molar-refractivity contribution in [2.75, 3.05) is 13.2 Å². The summed E-state index contributed by atoms with van der Waals surface area (Å²) < 4.78 is 10.5. The molecule has 5 nitrogen and oxygen atoms in total. The van der Waals surface area contributed by atoms with Gasteiger partial charge >= 0.3 is 11.9 Å². The van der Waals surface area contributed by atoms with Gasteiger partial charge < -0.3 is 14.6 Å². The Bertz CT molecular complexity index is 536. The predicted molar refractivity (Wildman–Crippen MR) is 102 cm³/mol. The second-order valence-corrected chi connectivity index (χ2v) is 6.23. The number of hydrogen-bond acceptors (Lipinski definition) is 4. The first-order valence-electron chi connectivity index (χ1n) is 9.39. The van der Waals surface area contributed by atoms with Crippen molar-refractivity contribution in [2.45, 2.75) is 57.8 Å². The Balaban J connectivity index is 1.87. The van der Waals surface area contributed by atoms with E-state index in [9.17, 15) is 9.59 Å². The van der Waals surface area contributed by atoms with Gasteiger partial charge in [0.2, 0.25) is 0 Å². The van der Waals surface area contributed by atoms with Crippen molar-refractivity contribution in [3.63, 3.8) is 0 Å². The summed E-state index contributed by atoms with van der Waals surface area (Å²) in [6.07, 6.45) is 11.5. The number of carboxylic acids is 1. The molecule has 0 bridgehead atoms.